The number of rotatable bonds is 9. The molecule has 1 aliphatic heterocycles. The lowest BCUT2D eigenvalue weighted by Crippen LogP contribution is -2.42. The topological polar surface area (TPSA) is 135 Å². The summed E-state index contributed by atoms with van der Waals surface area (Å²) in [6.07, 6.45) is 0.622. The molecule has 11 heteroatoms. The number of amides is 1. The minimum atomic E-state index is -0.619. The average molecular weight is 525 g/mol. The smallest absolute Gasteiger partial charge is 0.409 e. The number of hydrogen-bond acceptors (Lipinski definition) is 10. The number of methoxy groups -OCH3 is 1. The van der Waals surface area contributed by atoms with Gasteiger partial charge in [-0.2, -0.15) is 0 Å². The number of nitrogens with one attached hydrogen (secondary N) is 2. The molecule has 2 aromatic heterocycles. The molecule has 0 spiro atoms. The monoisotopic (exact) mass is 524 g/mol. The molecule has 204 valence electrons. The van der Waals surface area contributed by atoms with E-state index < -0.39 is 6.10 Å². The molecule has 3 heterocycles. The lowest BCUT2D eigenvalue weighted by molar-refractivity contribution is 0.108. The number of aromatic nitrogens is 3. The van der Waals surface area contributed by atoms with Gasteiger partial charge in [-0.25, -0.2) is 14.8 Å². The van der Waals surface area contributed by atoms with Gasteiger partial charge in [0, 0.05) is 36.8 Å². The number of likely N-dealkylation sites (N-methyl/N-ethyl adjacent to an activating group) is 1. The number of aliphatic hydroxyl groups excluding tert-OH is 1. The van der Waals surface area contributed by atoms with E-state index >= 15 is 0 Å². The maximum Gasteiger partial charge on any atom is 0.409 e. The molecule has 1 atom stereocenters. The van der Waals surface area contributed by atoms with Crippen molar-refractivity contribution in [2.24, 2.45) is 0 Å². The first-order valence-electron chi connectivity index (χ1n) is 12.8. The van der Waals surface area contributed by atoms with Crippen LogP contribution in [0.2, 0.25) is 0 Å². The number of hydrogen-bond donors (Lipinski definition) is 3. The molecule has 1 amide bonds. The van der Waals surface area contributed by atoms with Crippen LogP contribution in [0.4, 0.5) is 10.6 Å². The number of anilines is 1. The molecule has 0 bridgehead atoms. The molecule has 3 N–H and O–H groups in total. The molecule has 1 fully saturated rings. The zero-order valence-corrected chi connectivity index (χ0v) is 22.6. The van der Waals surface area contributed by atoms with E-state index in [4.69, 9.17) is 24.0 Å². The summed E-state index contributed by atoms with van der Waals surface area (Å²) < 4.78 is 16.1. The predicted molar refractivity (Wildman–Crippen MR) is 143 cm³/mol. The molecular formula is C27H36N6O5. The van der Waals surface area contributed by atoms with Crippen LogP contribution in [-0.4, -0.2) is 83.8 Å². The fourth-order valence-corrected chi connectivity index (χ4v) is 4.59. The second-order valence-corrected chi connectivity index (χ2v) is 9.49. The maximum atomic E-state index is 11.9. The highest BCUT2D eigenvalue weighted by molar-refractivity contribution is 5.74. The standard InChI is InChI=1S/C27H36N6O5/c1-16-24(23-17(2)32-38-18(23)3)30-26(19-7-6-8-22(13-19)37-15-21(34)14-28-4)31-25(16)29-20-9-11-33(12-10-20)27(35)36-5/h6-8,13,20-21,28,34H,9-12,14-15H2,1-5H3,(H,29,30,31)/t21-/m1/s1. The van der Waals surface area contributed by atoms with Gasteiger partial charge in [0.05, 0.1) is 24.1 Å². The first kappa shape index (κ1) is 27.3. The number of piperidine rings is 1. The first-order valence-corrected chi connectivity index (χ1v) is 12.8. The highest BCUT2D eigenvalue weighted by atomic mass is 16.5. The molecule has 1 aromatic carbocycles. The van der Waals surface area contributed by atoms with Gasteiger partial charge < -0.3 is 34.6 Å². The summed E-state index contributed by atoms with van der Waals surface area (Å²) in [7, 11) is 3.18. The van der Waals surface area contributed by atoms with Gasteiger partial charge in [-0.1, -0.05) is 17.3 Å². The number of carbonyl (C=O) groups excluding carboxylic acids is 1. The van der Waals surface area contributed by atoms with Gasteiger partial charge in [-0.05, 0) is 52.8 Å². The number of benzene rings is 1. The van der Waals surface area contributed by atoms with Crippen LogP contribution in [0.5, 0.6) is 5.75 Å². The molecule has 11 nitrogen and oxygen atoms in total. The fraction of sp³-hybridized carbons (Fsp3) is 0.481. The summed E-state index contributed by atoms with van der Waals surface area (Å²) in [5.41, 5.74) is 4.01. The Kier molecular flexibility index (Phi) is 8.80. The molecule has 0 radical (unpaired) electrons. The van der Waals surface area contributed by atoms with Crippen LogP contribution in [-0.2, 0) is 4.74 Å². The summed E-state index contributed by atoms with van der Waals surface area (Å²) in [5.74, 6) is 2.55. The van der Waals surface area contributed by atoms with Gasteiger partial charge in [-0.15, -0.1) is 0 Å². The average Bonchev–Trinajstić information content (AvgIpc) is 3.26. The van der Waals surface area contributed by atoms with E-state index in [9.17, 15) is 9.90 Å². The molecule has 3 aromatic rings. The zero-order chi connectivity index (χ0) is 27.2. The molecule has 1 aliphatic rings. The highest BCUT2D eigenvalue weighted by Gasteiger charge is 2.26. The van der Waals surface area contributed by atoms with Crippen LogP contribution in [0.15, 0.2) is 28.8 Å². The van der Waals surface area contributed by atoms with Crippen LogP contribution in [0.25, 0.3) is 22.6 Å². The molecule has 0 saturated carbocycles. The van der Waals surface area contributed by atoms with Gasteiger partial charge in [-0.3, -0.25) is 0 Å². The third kappa shape index (κ3) is 6.22. The van der Waals surface area contributed by atoms with Crippen LogP contribution < -0.4 is 15.4 Å². The zero-order valence-electron chi connectivity index (χ0n) is 22.6. The van der Waals surface area contributed by atoms with Gasteiger partial charge >= 0.3 is 6.09 Å². The number of nitrogens with zero attached hydrogens (tertiary/aromatic N) is 4. The fourth-order valence-electron chi connectivity index (χ4n) is 4.59. The van der Waals surface area contributed by atoms with Crippen molar-refractivity contribution in [2.45, 2.75) is 45.8 Å². The van der Waals surface area contributed by atoms with Crippen molar-refractivity contribution in [3.8, 4) is 28.4 Å². The van der Waals surface area contributed by atoms with Crippen molar-refractivity contribution in [1.82, 2.24) is 25.3 Å². The Hall–Kier alpha value is -3.70. The Morgan fingerprint density at radius 3 is 2.66 bits per heavy atom. The SMILES string of the molecule is CNC[C@@H](O)COc1cccc(-c2nc(NC3CCN(C(=O)OC)CC3)c(C)c(-c3c(C)noc3C)n2)c1. The van der Waals surface area contributed by atoms with E-state index in [1.807, 2.05) is 45.0 Å². The minimum absolute atomic E-state index is 0.137. The Morgan fingerprint density at radius 1 is 1.24 bits per heavy atom. The predicted octanol–water partition coefficient (Wildman–Crippen LogP) is 3.33. The summed E-state index contributed by atoms with van der Waals surface area (Å²) in [6, 6.07) is 7.65. The van der Waals surface area contributed by atoms with Gasteiger partial charge in [0.15, 0.2) is 5.82 Å². The van der Waals surface area contributed by atoms with Crippen LogP contribution >= 0.6 is 0 Å². The third-order valence-electron chi connectivity index (χ3n) is 6.66. The lowest BCUT2D eigenvalue weighted by atomic mass is 10.0. The molecule has 38 heavy (non-hydrogen) atoms. The number of aliphatic hydroxyl groups is 1. The summed E-state index contributed by atoms with van der Waals surface area (Å²) in [6.45, 7) is 7.58. The lowest BCUT2D eigenvalue weighted by Gasteiger charge is -2.32. The Balaban J connectivity index is 1.66. The second kappa shape index (κ2) is 12.2. The molecule has 0 unspecified atom stereocenters. The van der Waals surface area contributed by atoms with E-state index in [0.29, 0.717) is 37.0 Å². The number of carbonyl (C=O) groups is 1. The molecule has 1 saturated heterocycles. The number of ether oxygens (including phenoxy) is 2. The second-order valence-electron chi connectivity index (χ2n) is 9.49. The van der Waals surface area contributed by atoms with E-state index in [1.165, 1.54) is 7.11 Å². The highest BCUT2D eigenvalue weighted by Crippen LogP contribution is 2.34. The Bertz CT molecular complexity index is 1240. The van der Waals surface area contributed by atoms with Gasteiger partial charge in [0.2, 0.25) is 0 Å². The Morgan fingerprint density at radius 2 is 2.00 bits per heavy atom. The minimum Gasteiger partial charge on any atom is -0.491 e. The molecule has 0 aliphatic carbocycles. The molecule has 4 rings (SSSR count). The number of aryl methyl sites for hydroxylation is 2. The summed E-state index contributed by atoms with van der Waals surface area (Å²) in [5, 5.41) is 20.7. The summed E-state index contributed by atoms with van der Waals surface area (Å²) >= 11 is 0. The van der Waals surface area contributed by atoms with E-state index in [-0.39, 0.29) is 18.7 Å². The Labute approximate surface area is 222 Å². The quantitative estimate of drug-likeness (QED) is 0.382. The van der Waals surface area contributed by atoms with Crippen molar-refractivity contribution in [3.63, 3.8) is 0 Å². The normalized spacial score (nSPS) is 14.8. The van der Waals surface area contributed by atoms with Gasteiger partial charge in [0.25, 0.3) is 0 Å². The van der Waals surface area contributed by atoms with Crippen molar-refractivity contribution in [1.29, 1.82) is 0 Å². The third-order valence-corrected chi connectivity index (χ3v) is 6.66. The summed E-state index contributed by atoms with van der Waals surface area (Å²) in [4.78, 5) is 23.5. The van der Waals surface area contributed by atoms with Gasteiger partial charge in [0.1, 0.15) is 30.0 Å². The van der Waals surface area contributed by atoms with Crippen LogP contribution in [0.3, 0.4) is 0 Å². The van der Waals surface area contributed by atoms with Crippen molar-refractivity contribution >= 4 is 11.9 Å². The van der Waals surface area contributed by atoms with E-state index in [1.54, 1.807) is 11.9 Å². The number of likely N-dealkylation sites (tertiary alicyclic amines) is 1. The first-order chi connectivity index (χ1) is 18.3. The van der Waals surface area contributed by atoms with E-state index in [0.717, 1.165) is 46.7 Å². The molecular weight excluding hydrogens is 488 g/mol. The van der Waals surface area contributed by atoms with Crippen molar-refractivity contribution < 1.29 is 23.9 Å². The van der Waals surface area contributed by atoms with E-state index in [2.05, 4.69) is 15.8 Å². The van der Waals surface area contributed by atoms with Crippen LogP contribution in [0, 0.1) is 20.8 Å². The maximum absolute atomic E-state index is 11.9. The van der Waals surface area contributed by atoms with Crippen LogP contribution in [0.1, 0.15) is 29.9 Å². The van der Waals surface area contributed by atoms with Crippen molar-refractivity contribution in [2.75, 3.05) is 45.7 Å². The largest absolute Gasteiger partial charge is 0.491 e. The van der Waals surface area contributed by atoms with Crippen molar-refractivity contribution in [3.05, 3.63) is 41.3 Å².